The van der Waals surface area contributed by atoms with Gasteiger partial charge in [0.05, 0.1) is 27.8 Å². The van der Waals surface area contributed by atoms with E-state index >= 15 is 0 Å². The van der Waals surface area contributed by atoms with Gasteiger partial charge in [-0.15, -0.1) is 0 Å². The molecule has 18 rings (SSSR count). The molecule has 0 saturated carbocycles. The minimum absolute atomic E-state index is 0.103. The highest BCUT2D eigenvalue weighted by atomic mass is 32.2. The molecule has 394 valence electrons. The van der Waals surface area contributed by atoms with Crippen LogP contribution in [0.4, 0.5) is 17.1 Å². The lowest BCUT2D eigenvalue weighted by Gasteiger charge is -2.42. The number of hydrogen-bond donors (Lipinski definition) is 0. The first kappa shape index (κ1) is 48.0. The van der Waals surface area contributed by atoms with Crippen molar-refractivity contribution >= 4 is 117 Å². The zero-order valence-electron chi connectivity index (χ0n) is 46.2. The molecule has 2 aliphatic rings. The maximum Gasteiger partial charge on any atom is 0.249 e. The van der Waals surface area contributed by atoms with Gasteiger partial charge in [0.2, 0.25) is 6.71 Å². The van der Waals surface area contributed by atoms with Crippen LogP contribution >= 0.6 is 11.8 Å². The lowest BCUT2D eigenvalue weighted by molar-refractivity contribution is 1.16. The molecule has 0 spiro atoms. The van der Waals surface area contributed by atoms with Gasteiger partial charge in [-0.2, -0.15) is 0 Å². The van der Waals surface area contributed by atoms with Gasteiger partial charge >= 0.3 is 0 Å². The summed E-state index contributed by atoms with van der Waals surface area (Å²) in [5.41, 5.74) is 23.7. The molecular formula is C80H50BN3S. The quantitative estimate of drug-likeness (QED) is 0.117. The molecule has 0 fully saturated rings. The van der Waals surface area contributed by atoms with Crippen molar-refractivity contribution in [3.8, 4) is 55.9 Å². The average Bonchev–Trinajstić information content (AvgIpc) is 1.57. The molecule has 16 aromatic rings. The third-order valence-corrected chi connectivity index (χ3v) is 19.2. The van der Waals surface area contributed by atoms with Gasteiger partial charge in [0.1, 0.15) is 0 Å². The minimum atomic E-state index is -0.103. The Bertz CT molecular complexity index is 5190. The molecule has 4 heterocycles. The van der Waals surface area contributed by atoms with Crippen LogP contribution in [-0.2, 0) is 0 Å². The summed E-state index contributed by atoms with van der Waals surface area (Å²) >= 11 is 1.92. The maximum absolute atomic E-state index is 2.69. The zero-order valence-corrected chi connectivity index (χ0v) is 47.0. The Kier molecular flexibility index (Phi) is 10.7. The number of nitrogens with zero attached hydrogens (tertiary/aromatic N) is 3. The SMILES string of the molecule is c1ccc(-c2cc(-c3ccccc3)c(N3c4cc(-n5c6ccccc6c6ccccc65)ccc4B4c5ccc(-n6c7ccccc7c7ccccc76)cc5Sc5cc(-c6c7ccccc7cc7ccccc67)cc3c54)c(-c3ccccc3)c2)cc1. The van der Waals surface area contributed by atoms with Gasteiger partial charge in [-0.3, -0.25) is 0 Å². The highest BCUT2D eigenvalue weighted by Gasteiger charge is 2.43. The predicted molar refractivity (Wildman–Crippen MR) is 362 cm³/mol. The van der Waals surface area contributed by atoms with Crippen molar-refractivity contribution < 1.29 is 0 Å². The summed E-state index contributed by atoms with van der Waals surface area (Å²) in [5, 5.41) is 9.90. The van der Waals surface area contributed by atoms with Crippen LogP contribution in [0.25, 0.3) is 121 Å². The lowest BCUT2D eigenvalue weighted by Crippen LogP contribution is -2.60. The number of benzene rings is 14. The molecule has 0 aliphatic carbocycles. The molecule has 0 radical (unpaired) electrons. The molecule has 2 aromatic heterocycles. The number of aromatic nitrogens is 2. The van der Waals surface area contributed by atoms with Gasteiger partial charge in [-0.1, -0.05) is 242 Å². The zero-order chi connectivity index (χ0) is 55.7. The summed E-state index contributed by atoms with van der Waals surface area (Å²) in [7, 11) is 0. The van der Waals surface area contributed by atoms with Crippen LogP contribution in [0.3, 0.4) is 0 Å². The molecule has 0 amide bonds. The van der Waals surface area contributed by atoms with Crippen LogP contribution in [0, 0.1) is 0 Å². The van der Waals surface area contributed by atoms with Crippen LogP contribution in [0.1, 0.15) is 0 Å². The first-order valence-corrected chi connectivity index (χ1v) is 30.2. The normalized spacial score (nSPS) is 12.6. The Balaban J connectivity index is 0.993. The van der Waals surface area contributed by atoms with Crippen molar-refractivity contribution in [2.24, 2.45) is 0 Å². The third-order valence-electron chi connectivity index (χ3n) is 18.1. The van der Waals surface area contributed by atoms with Crippen molar-refractivity contribution in [3.05, 3.63) is 303 Å². The van der Waals surface area contributed by atoms with E-state index in [0.717, 1.165) is 50.6 Å². The van der Waals surface area contributed by atoms with Crippen LogP contribution < -0.4 is 21.3 Å². The Morgan fingerprint density at radius 1 is 0.282 bits per heavy atom. The van der Waals surface area contributed by atoms with E-state index in [1.807, 2.05) is 11.8 Å². The number of hydrogen-bond acceptors (Lipinski definition) is 2. The van der Waals surface area contributed by atoms with Crippen LogP contribution in [-0.4, -0.2) is 15.8 Å². The van der Waals surface area contributed by atoms with Crippen molar-refractivity contribution in [3.63, 3.8) is 0 Å². The van der Waals surface area contributed by atoms with Crippen LogP contribution in [0.5, 0.6) is 0 Å². The fourth-order valence-electron chi connectivity index (χ4n) is 14.5. The van der Waals surface area contributed by atoms with Gasteiger partial charge in [0.15, 0.2) is 0 Å². The van der Waals surface area contributed by atoms with Gasteiger partial charge in [-0.25, -0.2) is 0 Å². The second-order valence-corrected chi connectivity index (χ2v) is 23.8. The smallest absolute Gasteiger partial charge is 0.249 e. The monoisotopic (exact) mass is 1100 g/mol. The summed E-state index contributed by atoms with van der Waals surface area (Å²) in [5.74, 6) is 0. The summed E-state index contributed by atoms with van der Waals surface area (Å²) < 4.78 is 4.95. The minimum Gasteiger partial charge on any atom is -0.310 e. The summed E-state index contributed by atoms with van der Waals surface area (Å²) in [6, 6.07) is 114. The summed E-state index contributed by atoms with van der Waals surface area (Å²) in [4.78, 5) is 5.21. The number of para-hydroxylation sites is 4. The van der Waals surface area contributed by atoms with Crippen molar-refractivity contribution in [2.75, 3.05) is 4.90 Å². The third kappa shape index (κ3) is 7.37. The summed E-state index contributed by atoms with van der Waals surface area (Å²) in [6.45, 7) is -0.103. The summed E-state index contributed by atoms with van der Waals surface area (Å²) in [6.07, 6.45) is 0. The Morgan fingerprint density at radius 3 is 1.24 bits per heavy atom. The Morgan fingerprint density at radius 2 is 0.718 bits per heavy atom. The van der Waals surface area contributed by atoms with E-state index in [1.54, 1.807) is 0 Å². The Hall–Kier alpha value is -10.6. The van der Waals surface area contributed by atoms with E-state index in [1.165, 1.54) is 114 Å². The molecule has 0 saturated heterocycles. The molecule has 3 nitrogen and oxygen atoms in total. The van der Waals surface area contributed by atoms with Crippen LogP contribution in [0.2, 0.25) is 0 Å². The van der Waals surface area contributed by atoms with Crippen LogP contribution in [0.15, 0.2) is 313 Å². The molecule has 14 aromatic carbocycles. The molecule has 2 aliphatic heterocycles. The van der Waals surface area contributed by atoms with E-state index in [-0.39, 0.29) is 6.71 Å². The Labute approximate surface area is 497 Å². The van der Waals surface area contributed by atoms with Crippen molar-refractivity contribution in [1.29, 1.82) is 0 Å². The maximum atomic E-state index is 2.69. The first-order valence-electron chi connectivity index (χ1n) is 29.3. The highest BCUT2D eigenvalue weighted by molar-refractivity contribution is 8.00. The van der Waals surface area contributed by atoms with Gasteiger partial charge in [-0.05, 0) is 145 Å². The molecule has 0 unspecified atom stereocenters. The number of anilines is 3. The highest BCUT2D eigenvalue weighted by Crippen LogP contribution is 2.53. The lowest BCUT2D eigenvalue weighted by atomic mass is 9.34. The van der Waals surface area contributed by atoms with Gasteiger partial charge in [0, 0.05) is 65.2 Å². The van der Waals surface area contributed by atoms with Crippen molar-refractivity contribution in [1.82, 2.24) is 9.13 Å². The largest absolute Gasteiger partial charge is 0.310 e. The fourth-order valence-corrected chi connectivity index (χ4v) is 15.7. The number of rotatable bonds is 7. The molecule has 0 bridgehead atoms. The van der Waals surface area contributed by atoms with E-state index in [4.69, 9.17) is 0 Å². The topological polar surface area (TPSA) is 13.1 Å². The van der Waals surface area contributed by atoms with E-state index in [2.05, 4.69) is 317 Å². The molecule has 85 heavy (non-hydrogen) atoms. The molecular weight excluding hydrogens is 1050 g/mol. The predicted octanol–water partition coefficient (Wildman–Crippen LogP) is 19.6. The second kappa shape index (κ2) is 19.0. The molecule has 0 N–H and O–H groups in total. The standard InChI is InChI=1S/C80H50BN3S/c1-4-22-51(23-5-1)56-45-66(52-24-6-2-7-25-52)80(67(46-56)53-26-8-3-9-27-53)84-74-49-58(82-70-36-18-14-32-62(70)63-33-15-19-37-71(63)82)40-42-68(74)81-69-43-41-59(83-72-38-20-16-34-64(72)65-35-17-21-39-73(65)83)50-76(69)85-77-48-57(47-75(84)79(77)81)78-60-30-12-10-28-54(60)44-55-29-11-13-31-61(55)78/h1-50H. The van der Waals surface area contributed by atoms with E-state index in [0.29, 0.717) is 0 Å². The van der Waals surface area contributed by atoms with E-state index < -0.39 is 0 Å². The fraction of sp³-hybridized carbons (Fsp3) is 0. The van der Waals surface area contributed by atoms with Gasteiger partial charge < -0.3 is 14.0 Å². The second-order valence-electron chi connectivity index (χ2n) is 22.7. The van der Waals surface area contributed by atoms with E-state index in [9.17, 15) is 0 Å². The average molecular weight is 1100 g/mol. The first-order chi connectivity index (χ1) is 42.2. The number of fused-ring (bicyclic) bond motifs is 12. The van der Waals surface area contributed by atoms with Crippen molar-refractivity contribution in [2.45, 2.75) is 9.79 Å². The molecule has 5 heteroatoms. The van der Waals surface area contributed by atoms with Gasteiger partial charge in [0.25, 0.3) is 0 Å². The molecule has 0 atom stereocenters.